The molecule has 0 saturated heterocycles. The van der Waals surface area contributed by atoms with Crippen LogP contribution >= 0.6 is 0 Å². The summed E-state index contributed by atoms with van der Waals surface area (Å²) in [5.41, 5.74) is 6.00. The van der Waals surface area contributed by atoms with Gasteiger partial charge in [-0.1, -0.05) is 35.9 Å². The minimum Gasteiger partial charge on any atom is -0.493 e. The molecule has 6 nitrogen and oxygen atoms in total. The molecular formula is C30H30N2O4. The first kappa shape index (κ1) is 23.5. The Balaban J connectivity index is 1.85. The quantitative estimate of drug-likeness (QED) is 0.266. The largest absolute Gasteiger partial charge is 0.493 e. The Morgan fingerprint density at radius 2 is 1.78 bits per heavy atom. The lowest BCUT2D eigenvalue weighted by Gasteiger charge is -2.13. The molecule has 2 aromatic heterocycles. The van der Waals surface area contributed by atoms with Crippen molar-refractivity contribution in [2.24, 2.45) is 0 Å². The van der Waals surface area contributed by atoms with Crippen LogP contribution in [0.5, 0.6) is 11.5 Å². The average Bonchev–Trinajstić information content (AvgIpc) is 3.26. The second-order valence-corrected chi connectivity index (χ2v) is 8.82. The number of ether oxygens (including phenoxy) is 2. The van der Waals surface area contributed by atoms with Gasteiger partial charge in [-0.2, -0.15) is 0 Å². The molecule has 0 bridgehead atoms. The van der Waals surface area contributed by atoms with Gasteiger partial charge in [-0.15, -0.1) is 0 Å². The third kappa shape index (κ3) is 3.88. The van der Waals surface area contributed by atoms with Crippen LogP contribution in [-0.2, 0) is 6.54 Å². The highest BCUT2D eigenvalue weighted by molar-refractivity contribution is 6.11. The monoisotopic (exact) mass is 482 g/mol. The number of anilines is 2. The molecule has 0 saturated carbocycles. The van der Waals surface area contributed by atoms with Gasteiger partial charge in [-0.05, 0) is 69.2 Å². The second kappa shape index (κ2) is 9.46. The van der Waals surface area contributed by atoms with E-state index < -0.39 is 0 Å². The highest BCUT2D eigenvalue weighted by Gasteiger charge is 2.24. The second-order valence-electron chi connectivity index (χ2n) is 8.82. The number of furan rings is 1. The molecule has 0 radical (unpaired) electrons. The summed E-state index contributed by atoms with van der Waals surface area (Å²) < 4.78 is 19.6. The van der Waals surface area contributed by atoms with Gasteiger partial charge in [0.15, 0.2) is 17.1 Å². The molecule has 184 valence electrons. The summed E-state index contributed by atoms with van der Waals surface area (Å²) in [6.07, 6.45) is 0. The van der Waals surface area contributed by atoms with E-state index in [4.69, 9.17) is 13.9 Å². The smallest absolute Gasteiger partial charge is 0.262 e. The van der Waals surface area contributed by atoms with Crippen molar-refractivity contribution in [1.29, 1.82) is 0 Å². The van der Waals surface area contributed by atoms with Crippen LogP contribution in [0.3, 0.4) is 0 Å². The summed E-state index contributed by atoms with van der Waals surface area (Å²) in [4.78, 5) is 13.9. The number of aromatic nitrogens is 1. The van der Waals surface area contributed by atoms with E-state index in [-0.39, 0.29) is 5.56 Å². The average molecular weight is 483 g/mol. The molecule has 36 heavy (non-hydrogen) atoms. The van der Waals surface area contributed by atoms with E-state index in [0.29, 0.717) is 47.1 Å². The van der Waals surface area contributed by atoms with E-state index in [1.165, 1.54) is 5.56 Å². The number of pyridine rings is 1. The normalized spacial score (nSPS) is 11.2. The lowest BCUT2D eigenvalue weighted by atomic mass is 10.0. The first-order valence-corrected chi connectivity index (χ1v) is 12.2. The lowest BCUT2D eigenvalue weighted by molar-refractivity contribution is 0.311. The van der Waals surface area contributed by atoms with E-state index in [2.05, 4.69) is 31.3 Å². The predicted molar refractivity (Wildman–Crippen MR) is 146 cm³/mol. The zero-order valence-corrected chi connectivity index (χ0v) is 21.3. The Bertz CT molecular complexity index is 1650. The molecule has 0 fully saturated rings. The van der Waals surface area contributed by atoms with E-state index in [9.17, 15) is 4.79 Å². The maximum absolute atomic E-state index is 13.9. The lowest BCUT2D eigenvalue weighted by Crippen LogP contribution is -2.19. The molecule has 5 rings (SSSR count). The van der Waals surface area contributed by atoms with E-state index >= 15 is 0 Å². The minimum absolute atomic E-state index is 0.0912. The van der Waals surface area contributed by atoms with Gasteiger partial charge in [0.2, 0.25) is 5.88 Å². The van der Waals surface area contributed by atoms with Gasteiger partial charge in [0.25, 0.3) is 5.56 Å². The SMILES string of the molecule is CCOc1ccc(-c2c(Nc3ccc(C)cc3C)oc3c2c(=O)n(CC)c2ccccc32)cc1OC. The zero-order valence-electron chi connectivity index (χ0n) is 21.3. The first-order chi connectivity index (χ1) is 17.5. The summed E-state index contributed by atoms with van der Waals surface area (Å²) in [6.45, 7) is 9.10. The number of fused-ring (bicyclic) bond motifs is 3. The molecular weight excluding hydrogens is 452 g/mol. The van der Waals surface area contributed by atoms with Crippen LogP contribution in [-0.4, -0.2) is 18.3 Å². The minimum atomic E-state index is -0.0912. The summed E-state index contributed by atoms with van der Waals surface area (Å²) >= 11 is 0. The maximum atomic E-state index is 13.9. The molecule has 5 aromatic rings. The molecule has 0 atom stereocenters. The van der Waals surface area contributed by atoms with E-state index in [0.717, 1.165) is 27.7 Å². The Hall–Kier alpha value is -4.19. The van der Waals surface area contributed by atoms with E-state index in [1.807, 2.05) is 62.4 Å². The van der Waals surface area contributed by atoms with Crippen LogP contribution in [0.25, 0.3) is 33.0 Å². The Morgan fingerprint density at radius 1 is 0.972 bits per heavy atom. The first-order valence-electron chi connectivity index (χ1n) is 12.2. The number of nitrogens with one attached hydrogen (secondary N) is 1. The molecule has 0 aliphatic rings. The standard InChI is InChI=1S/C30H30N2O4/c1-6-32-23-11-9-8-10-21(23)28-27(30(32)33)26(20-13-15-24(35-7-2)25(17-20)34-5)29(36-28)31-22-14-12-18(3)16-19(22)4/h8-17,31H,6-7H2,1-5H3. The molecule has 2 heterocycles. The number of para-hydroxylation sites is 1. The van der Waals surface area contributed by atoms with Crippen molar-refractivity contribution in [2.45, 2.75) is 34.2 Å². The maximum Gasteiger partial charge on any atom is 0.262 e. The molecule has 6 heteroatoms. The summed E-state index contributed by atoms with van der Waals surface area (Å²) in [6, 6.07) is 19.8. The molecule has 0 spiro atoms. The fraction of sp³-hybridized carbons (Fsp3) is 0.233. The number of aryl methyl sites for hydroxylation is 3. The highest BCUT2D eigenvalue weighted by atomic mass is 16.5. The van der Waals surface area contributed by atoms with Gasteiger partial charge in [0.05, 0.1) is 30.2 Å². The predicted octanol–water partition coefficient (Wildman–Crippen LogP) is 7.20. The topological polar surface area (TPSA) is 65.6 Å². The Kier molecular flexibility index (Phi) is 6.18. The van der Waals surface area contributed by atoms with Crippen LogP contribution in [0.2, 0.25) is 0 Å². The van der Waals surface area contributed by atoms with Crippen LogP contribution in [0.4, 0.5) is 11.6 Å². The van der Waals surface area contributed by atoms with Gasteiger partial charge >= 0.3 is 0 Å². The van der Waals surface area contributed by atoms with Crippen LogP contribution in [0.1, 0.15) is 25.0 Å². The fourth-order valence-electron chi connectivity index (χ4n) is 4.82. The van der Waals surface area contributed by atoms with Crippen LogP contribution in [0.15, 0.2) is 69.9 Å². The number of methoxy groups -OCH3 is 1. The number of hydrogen-bond acceptors (Lipinski definition) is 5. The van der Waals surface area contributed by atoms with Gasteiger partial charge < -0.3 is 23.8 Å². The molecule has 3 aromatic carbocycles. The Morgan fingerprint density at radius 3 is 2.50 bits per heavy atom. The molecule has 0 unspecified atom stereocenters. The van der Waals surface area contributed by atoms with Gasteiger partial charge in [-0.3, -0.25) is 4.79 Å². The number of hydrogen-bond donors (Lipinski definition) is 1. The summed E-state index contributed by atoms with van der Waals surface area (Å²) in [7, 11) is 1.61. The van der Waals surface area contributed by atoms with Crippen molar-refractivity contribution < 1.29 is 13.9 Å². The van der Waals surface area contributed by atoms with Gasteiger partial charge in [-0.25, -0.2) is 0 Å². The number of benzene rings is 3. The Labute approximate surface area is 210 Å². The summed E-state index contributed by atoms with van der Waals surface area (Å²) in [5.74, 6) is 1.76. The van der Waals surface area contributed by atoms with Crippen molar-refractivity contribution in [3.63, 3.8) is 0 Å². The molecule has 0 aliphatic carbocycles. The van der Waals surface area contributed by atoms with Crippen molar-refractivity contribution in [1.82, 2.24) is 4.57 Å². The molecule has 0 aliphatic heterocycles. The van der Waals surface area contributed by atoms with Crippen LogP contribution in [0, 0.1) is 13.8 Å². The van der Waals surface area contributed by atoms with Crippen molar-refractivity contribution in [2.75, 3.05) is 19.0 Å². The zero-order chi connectivity index (χ0) is 25.4. The molecule has 0 amide bonds. The van der Waals surface area contributed by atoms with Crippen LogP contribution < -0.4 is 20.3 Å². The van der Waals surface area contributed by atoms with Gasteiger partial charge in [0.1, 0.15) is 0 Å². The number of rotatable bonds is 7. The third-order valence-electron chi connectivity index (χ3n) is 6.51. The van der Waals surface area contributed by atoms with E-state index in [1.54, 1.807) is 11.7 Å². The number of nitrogens with zero attached hydrogens (tertiary/aromatic N) is 1. The highest BCUT2D eigenvalue weighted by Crippen LogP contribution is 2.43. The summed E-state index contributed by atoms with van der Waals surface area (Å²) in [5, 5.41) is 4.90. The third-order valence-corrected chi connectivity index (χ3v) is 6.51. The molecule has 1 N–H and O–H groups in total. The fourth-order valence-corrected chi connectivity index (χ4v) is 4.82. The van der Waals surface area contributed by atoms with Crippen molar-refractivity contribution in [3.8, 4) is 22.6 Å². The van der Waals surface area contributed by atoms with Gasteiger partial charge in [0, 0.05) is 17.6 Å². The van der Waals surface area contributed by atoms with Crippen molar-refractivity contribution >= 4 is 33.4 Å². The van der Waals surface area contributed by atoms with Crippen molar-refractivity contribution in [3.05, 3.63) is 82.1 Å².